The van der Waals surface area contributed by atoms with E-state index in [1.807, 2.05) is 31.3 Å². The van der Waals surface area contributed by atoms with Gasteiger partial charge in [0.2, 0.25) is 5.91 Å². The first-order valence-corrected chi connectivity index (χ1v) is 8.34. The van der Waals surface area contributed by atoms with Crippen LogP contribution in [0.1, 0.15) is 12.6 Å². The number of rotatable bonds is 9. The van der Waals surface area contributed by atoms with Crippen molar-refractivity contribution in [3.63, 3.8) is 0 Å². The van der Waals surface area contributed by atoms with Crippen molar-refractivity contribution in [2.75, 3.05) is 52.3 Å². The molecule has 0 fully saturated rings. The van der Waals surface area contributed by atoms with E-state index in [1.54, 1.807) is 18.4 Å². The molecule has 0 saturated carbocycles. The van der Waals surface area contributed by atoms with E-state index >= 15 is 0 Å². The topological polar surface area (TPSA) is 90.9 Å². The number of amides is 1. The highest BCUT2D eigenvalue weighted by Gasteiger charge is 2.05. The first-order chi connectivity index (χ1) is 11.1. The van der Waals surface area contributed by atoms with Gasteiger partial charge in [-0.05, 0) is 6.92 Å². The zero-order valence-electron chi connectivity index (χ0n) is 14.6. The molecular formula is C14H27IN6O2S. The first kappa shape index (κ1) is 22.9. The largest absolute Gasteiger partial charge is 0.383 e. The van der Waals surface area contributed by atoms with Crippen molar-refractivity contribution in [1.82, 2.24) is 20.9 Å². The van der Waals surface area contributed by atoms with Gasteiger partial charge in [-0.3, -0.25) is 4.79 Å². The third kappa shape index (κ3) is 9.23. The van der Waals surface area contributed by atoms with E-state index in [2.05, 4.69) is 25.9 Å². The molecule has 0 aliphatic rings. The van der Waals surface area contributed by atoms with Crippen molar-refractivity contribution >= 4 is 52.3 Å². The first-order valence-electron chi connectivity index (χ1n) is 7.46. The van der Waals surface area contributed by atoms with E-state index in [4.69, 9.17) is 4.74 Å². The van der Waals surface area contributed by atoms with Crippen molar-refractivity contribution in [3.05, 3.63) is 11.1 Å². The van der Waals surface area contributed by atoms with Crippen LogP contribution in [0, 0.1) is 0 Å². The maximum atomic E-state index is 11.7. The summed E-state index contributed by atoms with van der Waals surface area (Å²) in [4.78, 5) is 22.5. The van der Waals surface area contributed by atoms with Gasteiger partial charge in [0.15, 0.2) is 11.1 Å². The van der Waals surface area contributed by atoms with Crippen LogP contribution in [0.3, 0.4) is 0 Å². The second-order valence-corrected chi connectivity index (χ2v) is 5.74. The molecule has 1 heterocycles. The summed E-state index contributed by atoms with van der Waals surface area (Å²) in [5.74, 6) is 0.491. The Morgan fingerprint density at radius 2 is 2.12 bits per heavy atom. The highest BCUT2D eigenvalue weighted by atomic mass is 127. The SMILES string of the molecule is CCNC(=NCc1csc(N(C)C)n1)NCC(=O)NCCOC.I. The Morgan fingerprint density at radius 3 is 2.71 bits per heavy atom. The Bertz CT molecular complexity index is 509. The fourth-order valence-corrected chi connectivity index (χ4v) is 2.34. The average molecular weight is 470 g/mol. The molecule has 10 heteroatoms. The predicted molar refractivity (Wildman–Crippen MR) is 110 cm³/mol. The molecule has 0 bridgehead atoms. The number of aliphatic imine (C=N–C) groups is 1. The zero-order valence-corrected chi connectivity index (χ0v) is 17.7. The van der Waals surface area contributed by atoms with Crippen LogP contribution in [0.2, 0.25) is 0 Å². The Morgan fingerprint density at radius 1 is 1.38 bits per heavy atom. The minimum atomic E-state index is -0.101. The van der Waals surface area contributed by atoms with Crippen LogP contribution in [0.25, 0.3) is 0 Å². The quantitative estimate of drug-likeness (QED) is 0.213. The molecule has 0 saturated heterocycles. The normalized spacial score (nSPS) is 10.8. The summed E-state index contributed by atoms with van der Waals surface area (Å²) in [7, 11) is 5.51. The van der Waals surface area contributed by atoms with Crippen molar-refractivity contribution in [2.24, 2.45) is 4.99 Å². The molecule has 1 aromatic rings. The number of carbonyl (C=O) groups excluding carboxylic acids is 1. The maximum Gasteiger partial charge on any atom is 0.239 e. The monoisotopic (exact) mass is 470 g/mol. The number of aromatic nitrogens is 1. The van der Waals surface area contributed by atoms with Crippen LogP contribution >= 0.6 is 35.3 Å². The molecule has 24 heavy (non-hydrogen) atoms. The number of methoxy groups -OCH3 is 1. The number of guanidine groups is 1. The molecule has 3 N–H and O–H groups in total. The third-order valence-corrected chi connectivity index (χ3v) is 3.77. The Hall–Kier alpha value is -1.14. The molecule has 0 spiro atoms. The maximum absolute atomic E-state index is 11.7. The molecule has 8 nitrogen and oxygen atoms in total. The van der Waals surface area contributed by atoms with Gasteiger partial charge >= 0.3 is 0 Å². The van der Waals surface area contributed by atoms with Crippen molar-refractivity contribution in [1.29, 1.82) is 0 Å². The molecular weight excluding hydrogens is 443 g/mol. The molecule has 0 atom stereocenters. The number of halogens is 1. The minimum Gasteiger partial charge on any atom is -0.383 e. The lowest BCUT2D eigenvalue weighted by molar-refractivity contribution is -0.120. The van der Waals surface area contributed by atoms with Crippen molar-refractivity contribution < 1.29 is 9.53 Å². The number of nitrogens with zero attached hydrogens (tertiary/aromatic N) is 3. The Kier molecular flexibility index (Phi) is 12.6. The van der Waals surface area contributed by atoms with Gasteiger partial charge in [-0.1, -0.05) is 0 Å². The van der Waals surface area contributed by atoms with Gasteiger partial charge < -0.3 is 25.6 Å². The van der Waals surface area contributed by atoms with E-state index in [0.717, 1.165) is 17.4 Å². The Labute approximate surface area is 164 Å². The van der Waals surface area contributed by atoms with Crippen LogP contribution in [0.5, 0.6) is 0 Å². The van der Waals surface area contributed by atoms with Gasteiger partial charge in [-0.25, -0.2) is 9.98 Å². The summed E-state index contributed by atoms with van der Waals surface area (Å²) in [6.45, 7) is 4.31. The zero-order chi connectivity index (χ0) is 17.1. The molecule has 0 unspecified atom stereocenters. The molecule has 1 rings (SSSR count). The lowest BCUT2D eigenvalue weighted by Gasteiger charge is -2.11. The van der Waals surface area contributed by atoms with Gasteiger partial charge in [0, 0.05) is 39.7 Å². The van der Waals surface area contributed by atoms with Crippen molar-refractivity contribution in [2.45, 2.75) is 13.5 Å². The second-order valence-electron chi connectivity index (χ2n) is 4.91. The highest BCUT2D eigenvalue weighted by Crippen LogP contribution is 2.18. The lowest BCUT2D eigenvalue weighted by Crippen LogP contribution is -2.43. The fraction of sp³-hybridized carbons (Fsp3) is 0.643. The average Bonchev–Trinajstić information content (AvgIpc) is 2.99. The van der Waals surface area contributed by atoms with E-state index < -0.39 is 0 Å². The molecule has 0 aromatic carbocycles. The molecule has 0 aliphatic carbocycles. The van der Waals surface area contributed by atoms with Gasteiger partial charge in [-0.15, -0.1) is 35.3 Å². The smallest absolute Gasteiger partial charge is 0.239 e. The number of hydrogen-bond acceptors (Lipinski definition) is 6. The van der Waals surface area contributed by atoms with Gasteiger partial charge in [-0.2, -0.15) is 0 Å². The third-order valence-electron chi connectivity index (χ3n) is 2.71. The van der Waals surface area contributed by atoms with Crippen LogP contribution in [-0.4, -0.2) is 64.3 Å². The summed E-state index contributed by atoms with van der Waals surface area (Å²) < 4.78 is 4.88. The van der Waals surface area contributed by atoms with E-state index in [9.17, 15) is 4.79 Å². The van der Waals surface area contributed by atoms with Crippen LogP contribution in [0.4, 0.5) is 5.13 Å². The van der Waals surface area contributed by atoms with Gasteiger partial charge in [0.25, 0.3) is 0 Å². The molecule has 138 valence electrons. The number of carbonyl (C=O) groups is 1. The molecule has 0 aliphatic heterocycles. The van der Waals surface area contributed by atoms with Gasteiger partial charge in [0.1, 0.15) is 0 Å². The van der Waals surface area contributed by atoms with Crippen LogP contribution < -0.4 is 20.9 Å². The second kappa shape index (κ2) is 13.2. The number of nitrogens with one attached hydrogen (secondary N) is 3. The van der Waals surface area contributed by atoms with Crippen molar-refractivity contribution in [3.8, 4) is 0 Å². The predicted octanol–water partition coefficient (Wildman–Crippen LogP) is 0.645. The standard InChI is InChI=1S/C14H26N6O2S.HI/c1-5-15-13(18-9-12(21)16-6-7-22-4)17-8-11-10-23-14(19-11)20(2)3;/h10H,5-9H2,1-4H3,(H,16,21)(H2,15,17,18);1H. The number of anilines is 1. The lowest BCUT2D eigenvalue weighted by atomic mass is 10.5. The highest BCUT2D eigenvalue weighted by molar-refractivity contribution is 14.0. The van der Waals surface area contributed by atoms with Gasteiger partial charge in [0.05, 0.1) is 25.4 Å². The number of hydrogen-bond donors (Lipinski definition) is 3. The minimum absolute atomic E-state index is 0. The summed E-state index contributed by atoms with van der Waals surface area (Å²) >= 11 is 1.58. The Balaban J connectivity index is 0.00000529. The summed E-state index contributed by atoms with van der Waals surface area (Å²) in [5, 5.41) is 11.8. The summed E-state index contributed by atoms with van der Waals surface area (Å²) in [5.41, 5.74) is 0.903. The fourth-order valence-electron chi connectivity index (χ4n) is 1.60. The van der Waals surface area contributed by atoms with Crippen LogP contribution in [0.15, 0.2) is 10.4 Å². The van der Waals surface area contributed by atoms with Crippen LogP contribution in [-0.2, 0) is 16.1 Å². The summed E-state index contributed by atoms with van der Waals surface area (Å²) in [6, 6.07) is 0. The summed E-state index contributed by atoms with van der Waals surface area (Å²) in [6.07, 6.45) is 0. The number of ether oxygens (including phenoxy) is 1. The molecule has 1 aromatic heterocycles. The van der Waals surface area contributed by atoms with E-state index in [0.29, 0.717) is 25.7 Å². The van der Waals surface area contributed by atoms with E-state index in [1.165, 1.54) is 0 Å². The molecule has 0 radical (unpaired) electrons. The number of thiazole rings is 1. The van der Waals surface area contributed by atoms with E-state index in [-0.39, 0.29) is 36.4 Å². The molecule has 1 amide bonds.